The second-order valence-electron chi connectivity index (χ2n) is 4.72. The predicted octanol–water partition coefficient (Wildman–Crippen LogP) is 1.85. The second kappa shape index (κ2) is 4.02. The minimum atomic E-state index is 0.0876. The molecule has 1 aliphatic rings. The normalized spacial score (nSPS) is 15.8. The zero-order chi connectivity index (χ0) is 11.8. The van der Waals surface area contributed by atoms with Crippen molar-refractivity contribution >= 4 is 5.65 Å². The van der Waals surface area contributed by atoms with E-state index in [0.29, 0.717) is 0 Å². The van der Waals surface area contributed by atoms with Crippen LogP contribution in [0.5, 0.6) is 0 Å². The van der Waals surface area contributed by atoms with Gasteiger partial charge in [-0.25, -0.2) is 4.52 Å². The van der Waals surface area contributed by atoms with Crippen LogP contribution in [0.3, 0.4) is 0 Å². The number of hydrogen-bond donors (Lipinski definition) is 1. The molecule has 2 aromatic rings. The summed E-state index contributed by atoms with van der Waals surface area (Å²) in [6.45, 7) is 2.08. The third kappa shape index (κ3) is 1.59. The lowest BCUT2D eigenvalue weighted by molar-refractivity contribution is 0.702. The Kier molecular flexibility index (Phi) is 2.50. The number of nitrogens with zero attached hydrogens (tertiary/aromatic N) is 2. The monoisotopic (exact) mass is 231 g/mol. The zero-order valence-electron chi connectivity index (χ0n) is 10.1. The molecule has 4 nitrogen and oxygen atoms in total. The molecule has 0 aromatic carbocycles. The molecule has 0 bridgehead atoms. The molecular formula is C13H17N3O. The van der Waals surface area contributed by atoms with Crippen molar-refractivity contribution in [3.05, 3.63) is 33.4 Å². The molecule has 1 aliphatic carbocycles. The van der Waals surface area contributed by atoms with Crippen LogP contribution in [0.1, 0.15) is 43.0 Å². The molecule has 4 heteroatoms. The van der Waals surface area contributed by atoms with Crippen LogP contribution in [0.25, 0.3) is 5.65 Å². The Labute approximate surface area is 99.7 Å². The summed E-state index contributed by atoms with van der Waals surface area (Å²) in [6.07, 6.45) is 8.12. The minimum absolute atomic E-state index is 0.0876. The molecule has 2 aromatic heterocycles. The van der Waals surface area contributed by atoms with E-state index in [0.717, 1.165) is 54.6 Å². The largest absolute Gasteiger partial charge is 0.306 e. The SMILES string of the molecule is CCc1cnn2c3c(c(=O)[nH]c12)CCCCC3. The number of fused-ring (bicyclic) bond motifs is 3. The molecule has 17 heavy (non-hydrogen) atoms. The van der Waals surface area contributed by atoms with Gasteiger partial charge in [-0.1, -0.05) is 13.3 Å². The van der Waals surface area contributed by atoms with Gasteiger partial charge in [-0.15, -0.1) is 0 Å². The molecular weight excluding hydrogens is 214 g/mol. The fourth-order valence-corrected chi connectivity index (χ4v) is 2.71. The van der Waals surface area contributed by atoms with Crippen molar-refractivity contribution in [2.45, 2.75) is 45.4 Å². The molecule has 0 saturated carbocycles. The number of rotatable bonds is 1. The smallest absolute Gasteiger partial charge is 0.254 e. The van der Waals surface area contributed by atoms with E-state index >= 15 is 0 Å². The molecule has 90 valence electrons. The van der Waals surface area contributed by atoms with Crippen LogP contribution in [-0.2, 0) is 19.3 Å². The van der Waals surface area contributed by atoms with E-state index in [1.807, 2.05) is 10.7 Å². The lowest BCUT2D eigenvalue weighted by Crippen LogP contribution is -2.19. The highest BCUT2D eigenvalue weighted by Crippen LogP contribution is 2.19. The van der Waals surface area contributed by atoms with E-state index in [4.69, 9.17) is 0 Å². The number of nitrogens with one attached hydrogen (secondary N) is 1. The summed E-state index contributed by atoms with van der Waals surface area (Å²) in [4.78, 5) is 15.1. The molecule has 0 fully saturated rings. The minimum Gasteiger partial charge on any atom is -0.306 e. The molecule has 0 spiro atoms. The van der Waals surface area contributed by atoms with E-state index in [1.165, 1.54) is 6.42 Å². The number of aryl methyl sites for hydroxylation is 2. The van der Waals surface area contributed by atoms with Gasteiger partial charge in [-0.3, -0.25) is 4.79 Å². The summed E-state index contributed by atoms with van der Waals surface area (Å²) in [5, 5.41) is 4.43. The third-order valence-electron chi connectivity index (χ3n) is 3.68. The van der Waals surface area contributed by atoms with Crippen molar-refractivity contribution in [3.63, 3.8) is 0 Å². The van der Waals surface area contributed by atoms with Crippen molar-refractivity contribution in [1.29, 1.82) is 0 Å². The summed E-state index contributed by atoms with van der Waals surface area (Å²) >= 11 is 0. The number of H-pyrrole nitrogens is 1. The summed E-state index contributed by atoms with van der Waals surface area (Å²) in [5.41, 5.74) is 4.17. The van der Waals surface area contributed by atoms with E-state index in [-0.39, 0.29) is 5.56 Å². The van der Waals surface area contributed by atoms with Gasteiger partial charge in [0.25, 0.3) is 5.56 Å². The Morgan fingerprint density at radius 2 is 2.18 bits per heavy atom. The van der Waals surface area contributed by atoms with E-state index < -0.39 is 0 Å². The fourth-order valence-electron chi connectivity index (χ4n) is 2.71. The standard InChI is InChI=1S/C13H17N3O/c1-2-9-8-14-16-11-7-5-3-4-6-10(11)13(17)15-12(9)16/h8H,2-7H2,1H3,(H,15,17). The molecule has 2 heterocycles. The molecule has 0 atom stereocenters. The van der Waals surface area contributed by atoms with Crippen LogP contribution in [-0.4, -0.2) is 14.6 Å². The average molecular weight is 231 g/mol. The van der Waals surface area contributed by atoms with Crippen molar-refractivity contribution < 1.29 is 0 Å². The highest BCUT2D eigenvalue weighted by atomic mass is 16.1. The molecule has 0 unspecified atom stereocenters. The molecule has 0 amide bonds. The van der Waals surface area contributed by atoms with Gasteiger partial charge in [0.15, 0.2) is 0 Å². The van der Waals surface area contributed by atoms with Gasteiger partial charge in [0, 0.05) is 11.1 Å². The summed E-state index contributed by atoms with van der Waals surface area (Å²) < 4.78 is 1.95. The number of hydrogen-bond acceptors (Lipinski definition) is 2. The Morgan fingerprint density at radius 1 is 1.35 bits per heavy atom. The van der Waals surface area contributed by atoms with E-state index in [2.05, 4.69) is 17.0 Å². The molecule has 3 rings (SSSR count). The van der Waals surface area contributed by atoms with Gasteiger partial charge in [0.2, 0.25) is 0 Å². The number of aromatic amines is 1. The van der Waals surface area contributed by atoms with Crippen LogP contribution in [0.2, 0.25) is 0 Å². The highest BCUT2D eigenvalue weighted by Gasteiger charge is 2.17. The quantitative estimate of drug-likeness (QED) is 0.761. The highest BCUT2D eigenvalue weighted by molar-refractivity contribution is 5.48. The van der Waals surface area contributed by atoms with E-state index in [1.54, 1.807) is 0 Å². The van der Waals surface area contributed by atoms with Gasteiger partial charge in [-0.05, 0) is 32.1 Å². The lowest BCUT2D eigenvalue weighted by Gasteiger charge is -2.07. The Bertz CT molecular complexity index is 609. The van der Waals surface area contributed by atoms with Crippen LogP contribution >= 0.6 is 0 Å². The number of aromatic nitrogens is 3. The van der Waals surface area contributed by atoms with Crippen LogP contribution in [0, 0.1) is 0 Å². The summed E-state index contributed by atoms with van der Waals surface area (Å²) in [5.74, 6) is 0. The second-order valence-corrected chi connectivity index (χ2v) is 4.72. The Morgan fingerprint density at radius 3 is 3.00 bits per heavy atom. The lowest BCUT2D eigenvalue weighted by atomic mass is 10.1. The maximum absolute atomic E-state index is 12.1. The molecule has 0 aliphatic heterocycles. The Balaban J connectivity index is 2.33. The van der Waals surface area contributed by atoms with Crippen molar-refractivity contribution in [1.82, 2.24) is 14.6 Å². The van der Waals surface area contributed by atoms with Gasteiger partial charge >= 0.3 is 0 Å². The van der Waals surface area contributed by atoms with Crippen LogP contribution in [0.15, 0.2) is 11.0 Å². The van der Waals surface area contributed by atoms with E-state index in [9.17, 15) is 4.79 Å². The average Bonchev–Trinajstić information content (AvgIpc) is 2.58. The van der Waals surface area contributed by atoms with Gasteiger partial charge < -0.3 is 4.98 Å². The fraction of sp³-hybridized carbons (Fsp3) is 0.538. The first-order valence-electron chi connectivity index (χ1n) is 6.42. The summed E-state index contributed by atoms with van der Waals surface area (Å²) in [7, 11) is 0. The van der Waals surface area contributed by atoms with Crippen LogP contribution < -0.4 is 5.56 Å². The van der Waals surface area contributed by atoms with Gasteiger partial charge in [-0.2, -0.15) is 5.10 Å². The molecule has 0 radical (unpaired) electrons. The zero-order valence-corrected chi connectivity index (χ0v) is 10.1. The molecule has 0 saturated heterocycles. The first kappa shape index (κ1) is 10.6. The van der Waals surface area contributed by atoms with Crippen molar-refractivity contribution in [2.24, 2.45) is 0 Å². The maximum atomic E-state index is 12.1. The summed E-state index contributed by atoms with van der Waals surface area (Å²) in [6, 6.07) is 0. The van der Waals surface area contributed by atoms with Crippen molar-refractivity contribution in [3.8, 4) is 0 Å². The third-order valence-corrected chi connectivity index (χ3v) is 3.68. The predicted molar refractivity (Wildman–Crippen MR) is 66.4 cm³/mol. The Hall–Kier alpha value is -1.58. The van der Waals surface area contributed by atoms with Crippen LogP contribution in [0.4, 0.5) is 0 Å². The molecule has 1 N–H and O–H groups in total. The maximum Gasteiger partial charge on any atom is 0.254 e. The first-order chi connectivity index (χ1) is 8.31. The first-order valence-corrected chi connectivity index (χ1v) is 6.42. The van der Waals surface area contributed by atoms with Crippen molar-refractivity contribution in [2.75, 3.05) is 0 Å². The van der Waals surface area contributed by atoms with Gasteiger partial charge in [0.05, 0.1) is 11.9 Å². The topological polar surface area (TPSA) is 50.2 Å². The van der Waals surface area contributed by atoms with Gasteiger partial charge in [0.1, 0.15) is 5.65 Å².